The third-order valence-electron chi connectivity index (χ3n) is 4.04. The van der Waals surface area contributed by atoms with Crippen LogP contribution >= 0.6 is 0 Å². The molecule has 0 aromatic heterocycles. The van der Waals surface area contributed by atoms with Crippen LogP contribution in [-0.4, -0.2) is 54.0 Å². The molecule has 0 aromatic carbocycles. The highest BCUT2D eigenvalue weighted by molar-refractivity contribution is 6.05. The molecule has 0 unspecified atom stereocenters. The number of carbonyl (C=O) groups excluding carboxylic acids is 3. The molecule has 0 aromatic rings. The second-order valence-corrected chi connectivity index (χ2v) is 6.84. The summed E-state index contributed by atoms with van der Waals surface area (Å²) in [6, 6.07) is -1.30. The fourth-order valence-corrected chi connectivity index (χ4v) is 3.11. The molecular formula is C15H26N4O3. The van der Waals surface area contributed by atoms with Gasteiger partial charge < -0.3 is 15.5 Å². The van der Waals surface area contributed by atoms with Crippen LogP contribution in [0.2, 0.25) is 0 Å². The smallest absolute Gasteiger partial charge is 0.322 e. The summed E-state index contributed by atoms with van der Waals surface area (Å²) in [5.41, 5.74) is -0.361. The third-order valence-corrected chi connectivity index (χ3v) is 4.04. The fourth-order valence-electron chi connectivity index (χ4n) is 3.11. The Morgan fingerprint density at radius 1 is 1.23 bits per heavy atom. The maximum atomic E-state index is 12.1. The van der Waals surface area contributed by atoms with Crippen LogP contribution in [0, 0.1) is 0 Å². The maximum absolute atomic E-state index is 12.1. The Labute approximate surface area is 131 Å². The molecule has 0 bridgehead atoms. The number of nitrogens with one attached hydrogen (secondary N) is 3. The van der Waals surface area contributed by atoms with Crippen molar-refractivity contribution in [3.8, 4) is 0 Å². The van der Waals surface area contributed by atoms with Gasteiger partial charge in [-0.25, -0.2) is 4.79 Å². The van der Waals surface area contributed by atoms with Crippen LogP contribution in [-0.2, 0) is 9.59 Å². The molecule has 0 saturated carbocycles. The number of amides is 4. The molecule has 2 saturated heterocycles. The van der Waals surface area contributed by atoms with E-state index in [1.165, 1.54) is 25.7 Å². The van der Waals surface area contributed by atoms with Crippen molar-refractivity contribution >= 4 is 17.8 Å². The average Bonchev–Trinajstić information content (AvgIpc) is 2.61. The van der Waals surface area contributed by atoms with Crippen LogP contribution in [0.1, 0.15) is 46.0 Å². The van der Waals surface area contributed by atoms with E-state index >= 15 is 0 Å². The molecule has 4 amide bonds. The standard InChI is InChI=1S/C15H26N4O3/c1-15(2,10-19-7-5-3-4-6-8-19)18-12(20)9-11-13(21)17-14(22)16-11/h11H,3-10H2,1-2H3,(H,18,20)(H2,16,17,21,22)/t11-/m1/s1. The molecule has 124 valence electrons. The van der Waals surface area contributed by atoms with Gasteiger partial charge in [0.05, 0.1) is 6.42 Å². The van der Waals surface area contributed by atoms with Gasteiger partial charge in [0, 0.05) is 12.1 Å². The van der Waals surface area contributed by atoms with E-state index in [1.807, 2.05) is 13.8 Å². The Morgan fingerprint density at radius 2 is 1.86 bits per heavy atom. The first-order chi connectivity index (χ1) is 10.4. The van der Waals surface area contributed by atoms with Gasteiger partial charge in [-0.05, 0) is 39.8 Å². The van der Waals surface area contributed by atoms with E-state index in [1.54, 1.807) is 0 Å². The van der Waals surface area contributed by atoms with Crippen molar-refractivity contribution in [3.63, 3.8) is 0 Å². The van der Waals surface area contributed by atoms with Crippen molar-refractivity contribution in [1.29, 1.82) is 0 Å². The molecule has 2 aliphatic rings. The number of rotatable bonds is 5. The molecule has 2 fully saturated rings. The summed E-state index contributed by atoms with van der Waals surface area (Å²) in [6.45, 7) is 6.91. The Morgan fingerprint density at radius 3 is 2.41 bits per heavy atom. The van der Waals surface area contributed by atoms with Crippen LogP contribution in [0.5, 0.6) is 0 Å². The van der Waals surface area contributed by atoms with Crippen LogP contribution < -0.4 is 16.0 Å². The molecule has 7 heteroatoms. The van der Waals surface area contributed by atoms with Crippen LogP contribution in [0.25, 0.3) is 0 Å². The van der Waals surface area contributed by atoms with Gasteiger partial charge in [0.2, 0.25) is 5.91 Å². The Hall–Kier alpha value is -1.63. The molecule has 2 rings (SSSR count). The molecule has 2 aliphatic heterocycles. The molecular weight excluding hydrogens is 284 g/mol. The third kappa shape index (κ3) is 4.98. The summed E-state index contributed by atoms with van der Waals surface area (Å²) < 4.78 is 0. The predicted molar refractivity (Wildman–Crippen MR) is 82.2 cm³/mol. The summed E-state index contributed by atoms with van der Waals surface area (Å²) in [4.78, 5) is 37.0. The quantitative estimate of drug-likeness (QED) is 0.639. The first kappa shape index (κ1) is 16.7. The lowest BCUT2D eigenvalue weighted by Gasteiger charge is -2.33. The van der Waals surface area contributed by atoms with Crippen molar-refractivity contribution in [2.24, 2.45) is 0 Å². The van der Waals surface area contributed by atoms with Gasteiger partial charge in [0.15, 0.2) is 0 Å². The first-order valence-corrected chi connectivity index (χ1v) is 8.00. The van der Waals surface area contributed by atoms with E-state index in [4.69, 9.17) is 0 Å². The minimum Gasteiger partial charge on any atom is -0.350 e. The highest BCUT2D eigenvalue weighted by Gasteiger charge is 2.33. The zero-order valence-electron chi connectivity index (χ0n) is 13.4. The number of hydrogen-bond acceptors (Lipinski definition) is 4. The number of hydrogen-bond donors (Lipinski definition) is 3. The normalized spacial score (nSPS) is 23.6. The zero-order chi connectivity index (χ0) is 16.2. The van der Waals surface area contributed by atoms with E-state index in [0.717, 1.165) is 19.6 Å². The molecule has 0 radical (unpaired) electrons. The summed E-state index contributed by atoms with van der Waals surface area (Å²) in [5, 5.41) is 7.54. The van der Waals surface area contributed by atoms with E-state index in [2.05, 4.69) is 20.9 Å². The highest BCUT2D eigenvalue weighted by atomic mass is 16.2. The highest BCUT2D eigenvalue weighted by Crippen LogP contribution is 2.14. The number of urea groups is 1. The van der Waals surface area contributed by atoms with Gasteiger partial charge in [-0.15, -0.1) is 0 Å². The summed E-state index contributed by atoms with van der Waals surface area (Å²) in [6.07, 6.45) is 4.94. The molecule has 0 aliphatic carbocycles. The monoisotopic (exact) mass is 310 g/mol. The van der Waals surface area contributed by atoms with E-state index in [0.29, 0.717) is 0 Å². The van der Waals surface area contributed by atoms with E-state index in [-0.39, 0.29) is 17.9 Å². The van der Waals surface area contributed by atoms with Crippen LogP contribution in [0.15, 0.2) is 0 Å². The molecule has 3 N–H and O–H groups in total. The van der Waals surface area contributed by atoms with Gasteiger partial charge in [0.1, 0.15) is 6.04 Å². The Balaban J connectivity index is 1.81. The average molecular weight is 310 g/mol. The van der Waals surface area contributed by atoms with Crippen molar-refractivity contribution in [1.82, 2.24) is 20.9 Å². The first-order valence-electron chi connectivity index (χ1n) is 8.00. The lowest BCUT2D eigenvalue weighted by Crippen LogP contribution is -2.52. The van der Waals surface area contributed by atoms with Gasteiger partial charge in [-0.3, -0.25) is 14.9 Å². The van der Waals surface area contributed by atoms with Crippen molar-refractivity contribution < 1.29 is 14.4 Å². The number of likely N-dealkylation sites (tertiary alicyclic amines) is 1. The molecule has 0 spiro atoms. The fraction of sp³-hybridized carbons (Fsp3) is 0.800. The lowest BCUT2D eigenvalue weighted by molar-refractivity contribution is -0.127. The molecule has 2 heterocycles. The molecule has 1 atom stereocenters. The van der Waals surface area contributed by atoms with Gasteiger partial charge in [0.25, 0.3) is 5.91 Å². The number of carbonyl (C=O) groups is 3. The van der Waals surface area contributed by atoms with Crippen molar-refractivity contribution in [2.75, 3.05) is 19.6 Å². The van der Waals surface area contributed by atoms with Crippen LogP contribution in [0.3, 0.4) is 0 Å². The van der Waals surface area contributed by atoms with Crippen molar-refractivity contribution in [2.45, 2.75) is 57.5 Å². The molecule has 22 heavy (non-hydrogen) atoms. The largest absolute Gasteiger partial charge is 0.350 e. The second-order valence-electron chi connectivity index (χ2n) is 6.84. The van der Waals surface area contributed by atoms with Gasteiger partial charge >= 0.3 is 6.03 Å². The summed E-state index contributed by atoms with van der Waals surface area (Å²) in [7, 11) is 0. The van der Waals surface area contributed by atoms with Crippen LogP contribution in [0.4, 0.5) is 4.79 Å². The number of nitrogens with zero attached hydrogens (tertiary/aromatic N) is 1. The summed E-state index contributed by atoms with van der Waals surface area (Å²) in [5.74, 6) is -0.660. The SMILES string of the molecule is CC(C)(CN1CCCCCC1)NC(=O)C[C@H]1NC(=O)NC1=O. The van der Waals surface area contributed by atoms with Gasteiger partial charge in [-0.1, -0.05) is 12.8 Å². The van der Waals surface area contributed by atoms with E-state index in [9.17, 15) is 14.4 Å². The molecule has 7 nitrogen and oxygen atoms in total. The minimum atomic E-state index is -0.763. The Kier molecular flexibility index (Phi) is 5.39. The number of imide groups is 1. The summed E-state index contributed by atoms with van der Waals surface area (Å²) >= 11 is 0. The van der Waals surface area contributed by atoms with E-state index < -0.39 is 18.0 Å². The predicted octanol–water partition coefficient (Wildman–Crippen LogP) is 0.355. The maximum Gasteiger partial charge on any atom is 0.322 e. The van der Waals surface area contributed by atoms with Crippen molar-refractivity contribution in [3.05, 3.63) is 0 Å². The zero-order valence-corrected chi connectivity index (χ0v) is 13.4. The van der Waals surface area contributed by atoms with Gasteiger partial charge in [-0.2, -0.15) is 0 Å². The minimum absolute atomic E-state index is 0.0268. The second kappa shape index (κ2) is 7.09. The topological polar surface area (TPSA) is 90.5 Å². The lowest BCUT2D eigenvalue weighted by atomic mass is 10.0. The Bertz CT molecular complexity index is 442.